The lowest BCUT2D eigenvalue weighted by Gasteiger charge is -2.27. The molecule has 1 saturated carbocycles. The summed E-state index contributed by atoms with van der Waals surface area (Å²) < 4.78 is 1.58. The summed E-state index contributed by atoms with van der Waals surface area (Å²) in [5.74, 6) is -0.502. The highest BCUT2D eigenvalue weighted by Crippen LogP contribution is 2.28. The zero-order valence-corrected chi connectivity index (χ0v) is 15.1. The predicted octanol–water partition coefficient (Wildman–Crippen LogP) is 2.97. The number of nitrogens with zero attached hydrogens (tertiary/aromatic N) is 3. The Kier molecular flexibility index (Phi) is 5.85. The molecule has 0 radical (unpaired) electrons. The van der Waals surface area contributed by atoms with Gasteiger partial charge in [0.05, 0.1) is 6.20 Å². The van der Waals surface area contributed by atoms with Gasteiger partial charge in [0, 0.05) is 24.4 Å². The minimum absolute atomic E-state index is 0.0593. The van der Waals surface area contributed by atoms with Gasteiger partial charge in [0.25, 0.3) is 5.91 Å². The Morgan fingerprint density at radius 2 is 2.12 bits per heavy atom. The fraction of sp³-hybridized carbons (Fsp3) is 0.579. The van der Waals surface area contributed by atoms with E-state index in [1.165, 1.54) is 25.5 Å². The zero-order chi connectivity index (χ0) is 18.5. The Balaban J connectivity index is 1.72. The van der Waals surface area contributed by atoms with Gasteiger partial charge in [-0.2, -0.15) is 5.10 Å². The molecular weight excluding hydrogens is 332 g/mol. The molecule has 1 aliphatic carbocycles. The molecule has 0 saturated heterocycles. The number of aryl methyl sites for hydroxylation is 1. The first-order valence-corrected chi connectivity index (χ1v) is 9.36. The van der Waals surface area contributed by atoms with E-state index in [0.717, 1.165) is 25.0 Å². The van der Waals surface area contributed by atoms with Crippen molar-refractivity contribution in [3.8, 4) is 0 Å². The third-order valence-electron chi connectivity index (χ3n) is 5.14. The predicted molar refractivity (Wildman–Crippen MR) is 97.0 cm³/mol. The number of hydrogen-bond acceptors (Lipinski definition) is 4. The number of aromatic nitrogens is 3. The van der Waals surface area contributed by atoms with Crippen LogP contribution in [0.15, 0.2) is 18.5 Å². The standard InChI is InChI=1S/C19H26N4O3/c1-13-9-10-23-18(21-13)16(12-20-23)19(26)22-15(7-8-17(24)25)11-14-5-3-2-4-6-14/h9-10,12,14-15H,2-8,11H2,1H3,(H,22,26)(H,24,25). The van der Waals surface area contributed by atoms with E-state index in [-0.39, 0.29) is 18.4 Å². The van der Waals surface area contributed by atoms with Crippen LogP contribution in [0.1, 0.15) is 67.4 Å². The molecule has 1 amide bonds. The zero-order valence-electron chi connectivity index (χ0n) is 15.1. The highest BCUT2D eigenvalue weighted by Gasteiger charge is 2.23. The Hall–Kier alpha value is -2.44. The van der Waals surface area contributed by atoms with Crippen molar-refractivity contribution in [3.63, 3.8) is 0 Å². The van der Waals surface area contributed by atoms with E-state index in [0.29, 0.717) is 23.5 Å². The van der Waals surface area contributed by atoms with E-state index in [1.807, 2.05) is 13.0 Å². The summed E-state index contributed by atoms with van der Waals surface area (Å²) in [6, 6.07) is 1.70. The van der Waals surface area contributed by atoms with E-state index in [4.69, 9.17) is 5.11 Å². The molecule has 26 heavy (non-hydrogen) atoms. The monoisotopic (exact) mass is 358 g/mol. The molecule has 2 aromatic rings. The molecule has 1 atom stereocenters. The molecule has 2 aromatic heterocycles. The van der Waals surface area contributed by atoms with Crippen LogP contribution in [0.3, 0.4) is 0 Å². The summed E-state index contributed by atoms with van der Waals surface area (Å²) in [6.07, 6.45) is 10.7. The van der Waals surface area contributed by atoms with Gasteiger partial charge in [-0.25, -0.2) is 9.50 Å². The maximum absolute atomic E-state index is 12.8. The summed E-state index contributed by atoms with van der Waals surface area (Å²) in [4.78, 5) is 28.2. The first kappa shape index (κ1) is 18.4. The van der Waals surface area contributed by atoms with Gasteiger partial charge in [-0.1, -0.05) is 32.1 Å². The Morgan fingerprint density at radius 1 is 1.35 bits per heavy atom. The van der Waals surface area contributed by atoms with Gasteiger partial charge in [0.15, 0.2) is 5.65 Å². The van der Waals surface area contributed by atoms with Crippen LogP contribution in [-0.4, -0.2) is 37.6 Å². The normalized spacial score (nSPS) is 16.5. The molecule has 0 spiro atoms. The Morgan fingerprint density at radius 3 is 2.85 bits per heavy atom. The minimum Gasteiger partial charge on any atom is -0.481 e. The van der Waals surface area contributed by atoms with Crippen molar-refractivity contribution < 1.29 is 14.7 Å². The lowest BCUT2D eigenvalue weighted by molar-refractivity contribution is -0.137. The van der Waals surface area contributed by atoms with Crippen molar-refractivity contribution in [2.45, 2.75) is 64.3 Å². The first-order valence-electron chi connectivity index (χ1n) is 9.36. The molecule has 2 N–H and O–H groups in total. The number of nitrogens with one attached hydrogen (secondary N) is 1. The molecule has 0 aromatic carbocycles. The van der Waals surface area contributed by atoms with Crippen molar-refractivity contribution in [3.05, 3.63) is 29.7 Å². The average molecular weight is 358 g/mol. The SMILES string of the molecule is Cc1ccn2ncc(C(=O)NC(CCC(=O)O)CC3CCCCC3)c2n1. The molecular formula is C19H26N4O3. The maximum atomic E-state index is 12.8. The fourth-order valence-corrected chi connectivity index (χ4v) is 3.75. The molecule has 7 heteroatoms. The van der Waals surface area contributed by atoms with E-state index in [2.05, 4.69) is 15.4 Å². The van der Waals surface area contributed by atoms with Crippen LogP contribution in [0.25, 0.3) is 5.65 Å². The average Bonchev–Trinajstić information content (AvgIpc) is 3.03. The number of carboxylic acid groups (broad SMARTS) is 1. The second kappa shape index (κ2) is 8.29. The summed E-state index contributed by atoms with van der Waals surface area (Å²) in [7, 11) is 0. The van der Waals surface area contributed by atoms with Gasteiger partial charge in [-0.3, -0.25) is 9.59 Å². The van der Waals surface area contributed by atoms with Crippen molar-refractivity contribution in [1.29, 1.82) is 0 Å². The number of carboxylic acids is 1. The van der Waals surface area contributed by atoms with E-state index in [9.17, 15) is 9.59 Å². The Labute approximate surface area is 152 Å². The molecule has 0 bridgehead atoms. The van der Waals surface area contributed by atoms with Gasteiger partial charge >= 0.3 is 5.97 Å². The number of aliphatic carboxylic acids is 1. The number of hydrogen-bond donors (Lipinski definition) is 2. The summed E-state index contributed by atoms with van der Waals surface area (Å²) in [5, 5.41) is 16.2. The largest absolute Gasteiger partial charge is 0.481 e. The molecule has 3 rings (SSSR count). The van der Waals surface area contributed by atoms with Crippen LogP contribution in [0, 0.1) is 12.8 Å². The number of rotatable bonds is 7. The van der Waals surface area contributed by atoms with Crippen LogP contribution >= 0.6 is 0 Å². The second-order valence-corrected chi connectivity index (χ2v) is 7.24. The highest BCUT2D eigenvalue weighted by atomic mass is 16.4. The van der Waals surface area contributed by atoms with Crippen molar-refractivity contribution >= 4 is 17.5 Å². The second-order valence-electron chi connectivity index (χ2n) is 7.24. The third-order valence-corrected chi connectivity index (χ3v) is 5.14. The molecule has 0 aliphatic heterocycles. The molecule has 140 valence electrons. The number of amides is 1. The van der Waals surface area contributed by atoms with Crippen LogP contribution in [0.4, 0.5) is 0 Å². The van der Waals surface area contributed by atoms with Crippen LogP contribution in [0.2, 0.25) is 0 Å². The third kappa shape index (κ3) is 4.59. The lowest BCUT2D eigenvalue weighted by atomic mass is 9.84. The lowest BCUT2D eigenvalue weighted by Crippen LogP contribution is -2.37. The highest BCUT2D eigenvalue weighted by molar-refractivity contribution is 5.99. The molecule has 1 aliphatic rings. The van der Waals surface area contributed by atoms with Gasteiger partial charge < -0.3 is 10.4 Å². The van der Waals surface area contributed by atoms with Crippen molar-refractivity contribution in [2.75, 3.05) is 0 Å². The van der Waals surface area contributed by atoms with Gasteiger partial charge in [0.1, 0.15) is 5.56 Å². The summed E-state index contributed by atoms with van der Waals surface area (Å²) >= 11 is 0. The van der Waals surface area contributed by atoms with E-state index < -0.39 is 5.97 Å². The summed E-state index contributed by atoms with van der Waals surface area (Å²) in [5.41, 5.74) is 1.77. The number of fused-ring (bicyclic) bond motifs is 1. The topological polar surface area (TPSA) is 96.6 Å². The van der Waals surface area contributed by atoms with Crippen LogP contribution in [-0.2, 0) is 4.79 Å². The quantitative estimate of drug-likeness (QED) is 0.793. The summed E-state index contributed by atoms with van der Waals surface area (Å²) in [6.45, 7) is 1.87. The van der Waals surface area contributed by atoms with Gasteiger partial charge in [-0.15, -0.1) is 0 Å². The molecule has 1 unspecified atom stereocenters. The van der Waals surface area contributed by atoms with E-state index >= 15 is 0 Å². The number of carbonyl (C=O) groups excluding carboxylic acids is 1. The smallest absolute Gasteiger partial charge is 0.303 e. The Bertz CT molecular complexity index is 780. The maximum Gasteiger partial charge on any atom is 0.303 e. The van der Waals surface area contributed by atoms with Crippen molar-refractivity contribution in [2.24, 2.45) is 5.92 Å². The van der Waals surface area contributed by atoms with Gasteiger partial charge in [-0.05, 0) is 31.7 Å². The number of carbonyl (C=O) groups is 2. The first-order chi connectivity index (χ1) is 12.5. The molecule has 1 fully saturated rings. The van der Waals surface area contributed by atoms with E-state index in [1.54, 1.807) is 10.7 Å². The molecule has 2 heterocycles. The van der Waals surface area contributed by atoms with Crippen LogP contribution in [0.5, 0.6) is 0 Å². The fourth-order valence-electron chi connectivity index (χ4n) is 3.75. The minimum atomic E-state index is -0.832. The van der Waals surface area contributed by atoms with Crippen LogP contribution < -0.4 is 5.32 Å². The molecule has 7 nitrogen and oxygen atoms in total. The van der Waals surface area contributed by atoms with Crippen molar-refractivity contribution in [1.82, 2.24) is 19.9 Å². The van der Waals surface area contributed by atoms with Gasteiger partial charge in [0.2, 0.25) is 0 Å².